The van der Waals surface area contributed by atoms with Crippen LogP contribution in [0.3, 0.4) is 0 Å². The van der Waals surface area contributed by atoms with Crippen molar-refractivity contribution in [1.29, 1.82) is 0 Å². The van der Waals surface area contributed by atoms with Gasteiger partial charge in [-0.1, -0.05) is 25.8 Å². The molecule has 0 aliphatic carbocycles. The highest BCUT2D eigenvalue weighted by atomic mass is 16.5. The molecule has 0 saturated carbocycles. The summed E-state index contributed by atoms with van der Waals surface area (Å²) in [6.07, 6.45) is 2.22. The van der Waals surface area contributed by atoms with Gasteiger partial charge in [0.2, 0.25) is 5.95 Å². The van der Waals surface area contributed by atoms with Crippen molar-refractivity contribution in [2.75, 3.05) is 18.5 Å². The van der Waals surface area contributed by atoms with Crippen LogP contribution in [-0.2, 0) is 13.6 Å². The van der Waals surface area contributed by atoms with Gasteiger partial charge in [0.25, 0.3) is 5.56 Å². The third-order valence-electron chi connectivity index (χ3n) is 5.38. The van der Waals surface area contributed by atoms with Gasteiger partial charge >= 0.3 is 5.69 Å². The molecule has 3 aromatic rings. The first-order valence-corrected chi connectivity index (χ1v) is 10.6. The number of aliphatic hydroxyl groups excluding tert-OH is 1. The van der Waals surface area contributed by atoms with E-state index in [1.54, 1.807) is 11.6 Å². The van der Waals surface area contributed by atoms with E-state index >= 15 is 0 Å². The molecule has 0 bridgehead atoms. The number of aromatic nitrogens is 4. The summed E-state index contributed by atoms with van der Waals surface area (Å²) >= 11 is 0. The number of nitrogens with one attached hydrogen (secondary N) is 2. The van der Waals surface area contributed by atoms with Gasteiger partial charge in [-0.25, -0.2) is 4.79 Å². The number of hydrogen-bond donors (Lipinski definition) is 3. The fourth-order valence-electron chi connectivity index (χ4n) is 3.38. The number of aliphatic hydroxyl groups is 1. The standard InChI is InChI=1S/C22H31N5O4/c1-5-6-7-10-23-21-24-19-18(20(29)25-22(30)26(19)4)27(21)12-16(28)13-31-17-9-8-14(2)15(3)11-17/h8-9,11,16,28H,5-7,10,12-13H2,1-4H3,(H,23,24)(H,25,29,30). The number of rotatable bonds is 10. The minimum atomic E-state index is -0.883. The second kappa shape index (κ2) is 9.82. The van der Waals surface area contributed by atoms with Crippen molar-refractivity contribution in [2.24, 2.45) is 7.05 Å². The molecule has 0 aliphatic rings. The topological polar surface area (TPSA) is 114 Å². The first-order chi connectivity index (χ1) is 14.8. The number of aryl methyl sites for hydroxylation is 3. The Kier molecular flexibility index (Phi) is 7.17. The number of nitrogens with zero attached hydrogens (tertiary/aromatic N) is 3. The van der Waals surface area contributed by atoms with E-state index in [0.29, 0.717) is 18.2 Å². The van der Waals surface area contributed by atoms with E-state index in [9.17, 15) is 14.7 Å². The predicted molar refractivity (Wildman–Crippen MR) is 121 cm³/mol. The summed E-state index contributed by atoms with van der Waals surface area (Å²) < 4.78 is 8.66. The van der Waals surface area contributed by atoms with E-state index in [1.807, 2.05) is 32.0 Å². The first kappa shape index (κ1) is 22.6. The molecule has 2 heterocycles. The van der Waals surface area contributed by atoms with Crippen LogP contribution in [0.1, 0.15) is 37.3 Å². The largest absolute Gasteiger partial charge is 0.491 e. The Morgan fingerprint density at radius 2 is 2.00 bits per heavy atom. The van der Waals surface area contributed by atoms with Crippen LogP contribution < -0.4 is 21.3 Å². The van der Waals surface area contributed by atoms with Gasteiger partial charge in [-0.3, -0.25) is 14.3 Å². The minimum Gasteiger partial charge on any atom is -0.491 e. The molecule has 0 saturated heterocycles. The minimum absolute atomic E-state index is 0.0567. The lowest BCUT2D eigenvalue weighted by atomic mass is 10.1. The van der Waals surface area contributed by atoms with E-state index in [0.717, 1.165) is 24.8 Å². The number of ether oxygens (including phenoxy) is 1. The summed E-state index contributed by atoms with van der Waals surface area (Å²) in [6.45, 7) is 6.98. The highest BCUT2D eigenvalue weighted by Gasteiger charge is 2.19. The maximum Gasteiger partial charge on any atom is 0.329 e. The normalized spacial score (nSPS) is 12.3. The SMILES string of the molecule is CCCCCNc1nc2c(c(=O)[nH]c(=O)n2C)n1CC(O)COc1ccc(C)c(C)c1. The van der Waals surface area contributed by atoms with Gasteiger partial charge in [0, 0.05) is 13.6 Å². The lowest BCUT2D eigenvalue weighted by Gasteiger charge is -2.16. The molecule has 3 N–H and O–H groups in total. The average Bonchev–Trinajstić information content (AvgIpc) is 3.09. The molecule has 168 valence electrons. The molecule has 0 fully saturated rings. The monoisotopic (exact) mass is 429 g/mol. The van der Waals surface area contributed by atoms with Crippen molar-refractivity contribution in [3.8, 4) is 5.75 Å². The molecular formula is C22H31N5O4. The van der Waals surface area contributed by atoms with Crippen LogP contribution >= 0.6 is 0 Å². The Bertz CT molecular complexity index is 1160. The van der Waals surface area contributed by atoms with E-state index in [2.05, 4.69) is 22.2 Å². The second-order valence-electron chi connectivity index (χ2n) is 7.88. The molecule has 0 radical (unpaired) electrons. The number of imidazole rings is 1. The summed E-state index contributed by atoms with van der Waals surface area (Å²) in [5, 5.41) is 13.9. The number of anilines is 1. The number of hydrogen-bond acceptors (Lipinski definition) is 6. The number of unbranched alkanes of at least 4 members (excludes halogenated alkanes) is 2. The third kappa shape index (κ3) is 5.16. The second-order valence-corrected chi connectivity index (χ2v) is 7.88. The van der Waals surface area contributed by atoms with Gasteiger partial charge in [-0.2, -0.15) is 4.98 Å². The maximum atomic E-state index is 12.5. The van der Waals surface area contributed by atoms with E-state index < -0.39 is 17.4 Å². The van der Waals surface area contributed by atoms with Crippen molar-refractivity contribution in [3.05, 3.63) is 50.2 Å². The Hall–Kier alpha value is -3.07. The average molecular weight is 430 g/mol. The number of aromatic amines is 1. The van der Waals surface area contributed by atoms with Crippen molar-refractivity contribution < 1.29 is 9.84 Å². The zero-order valence-corrected chi connectivity index (χ0v) is 18.6. The summed E-state index contributed by atoms with van der Waals surface area (Å²) in [6, 6.07) is 5.76. The van der Waals surface area contributed by atoms with Crippen LogP contribution in [0.25, 0.3) is 11.2 Å². The van der Waals surface area contributed by atoms with Gasteiger partial charge in [0.15, 0.2) is 11.2 Å². The van der Waals surface area contributed by atoms with Crippen molar-refractivity contribution in [2.45, 2.75) is 52.7 Å². The van der Waals surface area contributed by atoms with E-state index in [1.165, 1.54) is 10.1 Å². The lowest BCUT2D eigenvalue weighted by molar-refractivity contribution is 0.0938. The zero-order valence-electron chi connectivity index (χ0n) is 18.6. The van der Waals surface area contributed by atoms with E-state index in [-0.39, 0.29) is 24.3 Å². The van der Waals surface area contributed by atoms with Crippen LogP contribution in [0.2, 0.25) is 0 Å². The van der Waals surface area contributed by atoms with Gasteiger partial charge < -0.3 is 19.7 Å². The van der Waals surface area contributed by atoms with Gasteiger partial charge in [-0.05, 0) is 43.5 Å². The number of H-pyrrole nitrogens is 1. The van der Waals surface area contributed by atoms with Gasteiger partial charge in [0.1, 0.15) is 18.5 Å². The third-order valence-corrected chi connectivity index (χ3v) is 5.38. The number of benzene rings is 1. The van der Waals surface area contributed by atoms with Crippen molar-refractivity contribution >= 4 is 17.1 Å². The van der Waals surface area contributed by atoms with Crippen LogP contribution in [-0.4, -0.2) is 43.5 Å². The Balaban J connectivity index is 1.84. The number of fused-ring (bicyclic) bond motifs is 1. The summed E-state index contributed by atoms with van der Waals surface area (Å²) in [7, 11) is 1.55. The molecule has 2 aromatic heterocycles. The molecule has 0 aliphatic heterocycles. The quantitative estimate of drug-likeness (QED) is 0.425. The van der Waals surface area contributed by atoms with Crippen LogP contribution in [0, 0.1) is 13.8 Å². The summed E-state index contributed by atoms with van der Waals surface area (Å²) in [5.41, 5.74) is 1.73. The predicted octanol–water partition coefficient (Wildman–Crippen LogP) is 2.08. The van der Waals surface area contributed by atoms with Crippen LogP contribution in [0.4, 0.5) is 5.95 Å². The fourth-order valence-corrected chi connectivity index (χ4v) is 3.38. The molecule has 1 unspecified atom stereocenters. The Labute approximate surface area is 180 Å². The Morgan fingerprint density at radius 1 is 1.23 bits per heavy atom. The highest BCUT2D eigenvalue weighted by molar-refractivity contribution is 5.74. The fraction of sp³-hybridized carbons (Fsp3) is 0.500. The highest BCUT2D eigenvalue weighted by Crippen LogP contribution is 2.19. The van der Waals surface area contributed by atoms with E-state index in [4.69, 9.17) is 4.74 Å². The first-order valence-electron chi connectivity index (χ1n) is 10.6. The zero-order chi connectivity index (χ0) is 22.5. The summed E-state index contributed by atoms with van der Waals surface area (Å²) in [4.78, 5) is 31.3. The van der Waals surface area contributed by atoms with Gasteiger partial charge in [0.05, 0.1) is 6.54 Å². The molecule has 3 rings (SSSR count). The molecule has 9 heteroatoms. The molecule has 0 spiro atoms. The molecule has 9 nitrogen and oxygen atoms in total. The van der Waals surface area contributed by atoms with Crippen LogP contribution in [0.5, 0.6) is 5.75 Å². The molecule has 31 heavy (non-hydrogen) atoms. The van der Waals surface area contributed by atoms with Gasteiger partial charge in [-0.15, -0.1) is 0 Å². The molecular weight excluding hydrogens is 398 g/mol. The maximum absolute atomic E-state index is 12.5. The van der Waals surface area contributed by atoms with Crippen LogP contribution in [0.15, 0.2) is 27.8 Å². The van der Waals surface area contributed by atoms with Crippen molar-refractivity contribution in [1.82, 2.24) is 19.1 Å². The molecule has 1 atom stereocenters. The van der Waals surface area contributed by atoms with Crippen molar-refractivity contribution in [3.63, 3.8) is 0 Å². The lowest BCUT2D eigenvalue weighted by Crippen LogP contribution is -2.31. The molecule has 0 amide bonds. The molecule has 1 aromatic carbocycles. The summed E-state index contributed by atoms with van der Waals surface area (Å²) in [5.74, 6) is 1.12. The smallest absolute Gasteiger partial charge is 0.329 e. The Morgan fingerprint density at radius 3 is 2.71 bits per heavy atom.